The Balaban J connectivity index is 2.95. The van der Waals surface area contributed by atoms with Gasteiger partial charge in [-0.25, -0.2) is 0 Å². The Kier molecular flexibility index (Phi) is 5.66. The number of hydrogen-bond donors (Lipinski definition) is 2. The number of hydrogen-bond acceptors (Lipinski definition) is 5. The minimum absolute atomic E-state index is 0.0383. The second-order valence-corrected chi connectivity index (χ2v) is 5.44. The summed E-state index contributed by atoms with van der Waals surface area (Å²) in [7, 11) is 1.76. The number of carbonyl (C=O) groups is 1. The number of nitro benzene ring substituents is 1. The van der Waals surface area contributed by atoms with Gasteiger partial charge in [-0.05, 0) is 24.5 Å². The van der Waals surface area contributed by atoms with Crippen molar-refractivity contribution in [2.24, 2.45) is 17.4 Å². The van der Waals surface area contributed by atoms with Crippen LogP contribution in [-0.2, 0) is 0 Å². The van der Waals surface area contributed by atoms with Gasteiger partial charge in [0.25, 0.3) is 5.69 Å². The average Bonchev–Trinajstić information content (AvgIpc) is 2.43. The molecule has 0 bridgehead atoms. The zero-order valence-electron chi connectivity index (χ0n) is 12.6. The number of nitrogens with two attached hydrogens (primary N) is 2. The summed E-state index contributed by atoms with van der Waals surface area (Å²) in [5.74, 6) is -0.334. The van der Waals surface area contributed by atoms with Crippen molar-refractivity contribution in [1.29, 1.82) is 0 Å². The number of nitrogens with zero attached hydrogens (tertiary/aromatic N) is 2. The van der Waals surface area contributed by atoms with Gasteiger partial charge in [-0.2, -0.15) is 0 Å². The first kappa shape index (κ1) is 16.9. The first-order chi connectivity index (χ1) is 9.73. The quantitative estimate of drug-likeness (QED) is 0.584. The van der Waals surface area contributed by atoms with Crippen LogP contribution in [0.1, 0.15) is 30.6 Å². The van der Waals surface area contributed by atoms with Crippen molar-refractivity contribution < 1.29 is 9.72 Å². The largest absolute Gasteiger partial charge is 0.369 e. The van der Waals surface area contributed by atoms with Crippen LogP contribution in [0.4, 0.5) is 11.4 Å². The monoisotopic (exact) mass is 294 g/mol. The average molecular weight is 294 g/mol. The van der Waals surface area contributed by atoms with Crippen LogP contribution in [0.2, 0.25) is 0 Å². The highest BCUT2D eigenvalue weighted by Gasteiger charge is 2.20. The van der Waals surface area contributed by atoms with Crippen LogP contribution in [0.25, 0.3) is 0 Å². The number of nitro groups is 1. The van der Waals surface area contributed by atoms with E-state index in [1.165, 1.54) is 12.1 Å². The van der Waals surface area contributed by atoms with Crippen LogP contribution in [0.5, 0.6) is 0 Å². The second-order valence-electron chi connectivity index (χ2n) is 5.44. The summed E-state index contributed by atoms with van der Waals surface area (Å²) in [5.41, 5.74) is 11.6. The third-order valence-corrected chi connectivity index (χ3v) is 3.52. The highest BCUT2D eigenvalue weighted by Crippen LogP contribution is 2.28. The first-order valence-electron chi connectivity index (χ1n) is 6.79. The molecule has 1 atom stereocenters. The van der Waals surface area contributed by atoms with Gasteiger partial charge in [0.1, 0.15) is 5.69 Å². The lowest BCUT2D eigenvalue weighted by Gasteiger charge is -2.23. The lowest BCUT2D eigenvalue weighted by molar-refractivity contribution is -0.384. The van der Waals surface area contributed by atoms with E-state index in [0.717, 1.165) is 6.42 Å². The van der Waals surface area contributed by atoms with Gasteiger partial charge in [-0.15, -0.1) is 0 Å². The minimum Gasteiger partial charge on any atom is -0.369 e. The van der Waals surface area contributed by atoms with Gasteiger partial charge < -0.3 is 16.4 Å². The van der Waals surface area contributed by atoms with Crippen molar-refractivity contribution in [2.75, 3.05) is 18.5 Å². The van der Waals surface area contributed by atoms with E-state index < -0.39 is 10.8 Å². The molecular weight excluding hydrogens is 272 g/mol. The normalized spacial score (nSPS) is 12.2. The maximum absolute atomic E-state index is 11.1. The van der Waals surface area contributed by atoms with Crippen molar-refractivity contribution in [3.8, 4) is 0 Å². The molecule has 7 nitrogen and oxygen atoms in total. The van der Waals surface area contributed by atoms with Gasteiger partial charge in [0.2, 0.25) is 5.91 Å². The molecule has 0 aliphatic rings. The standard InChI is InChI=1S/C14H22N4O3/c1-9(2)11(15)6-7-17(3)12-5-4-10(14(16)19)8-13(12)18(20)21/h4-5,8-9,11H,6-7,15H2,1-3H3,(H2,16,19). The van der Waals surface area contributed by atoms with Crippen molar-refractivity contribution in [2.45, 2.75) is 26.3 Å². The lowest BCUT2D eigenvalue weighted by atomic mass is 10.0. The van der Waals surface area contributed by atoms with Gasteiger partial charge in [-0.1, -0.05) is 13.8 Å². The van der Waals surface area contributed by atoms with E-state index in [1.54, 1.807) is 18.0 Å². The molecule has 116 valence electrons. The molecule has 0 saturated heterocycles. The van der Waals surface area contributed by atoms with Gasteiger partial charge in [0, 0.05) is 31.3 Å². The Morgan fingerprint density at radius 2 is 2.05 bits per heavy atom. The number of amides is 1. The molecular formula is C14H22N4O3. The van der Waals surface area contributed by atoms with Gasteiger partial charge in [0.15, 0.2) is 0 Å². The van der Waals surface area contributed by atoms with Gasteiger partial charge >= 0.3 is 0 Å². The number of rotatable bonds is 7. The number of primary amides is 1. The van der Waals surface area contributed by atoms with Crippen LogP contribution in [0, 0.1) is 16.0 Å². The summed E-state index contributed by atoms with van der Waals surface area (Å²) in [5, 5.41) is 11.1. The summed E-state index contributed by atoms with van der Waals surface area (Å²) in [6.07, 6.45) is 0.725. The van der Waals surface area contributed by atoms with Crippen molar-refractivity contribution in [3.63, 3.8) is 0 Å². The Labute approximate surface area is 124 Å². The molecule has 0 aromatic heterocycles. The smallest absolute Gasteiger partial charge is 0.293 e. The molecule has 0 heterocycles. The van der Waals surface area contributed by atoms with E-state index in [4.69, 9.17) is 11.5 Å². The van der Waals surface area contributed by atoms with Crippen LogP contribution in [0.3, 0.4) is 0 Å². The molecule has 0 aliphatic heterocycles. The van der Waals surface area contributed by atoms with Crippen LogP contribution in [0.15, 0.2) is 18.2 Å². The zero-order chi connectivity index (χ0) is 16.2. The topological polar surface area (TPSA) is 115 Å². The molecule has 0 fully saturated rings. The van der Waals surface area contributed by atoms with Gasteiger partial charge in [0.05, 0.1) is 4.92 Å². The van der Waals surface area contributed by atoms with Crippen molar-refractivity contribution >= 4 is 17.3 Å². The molecule has 0 aliphatic carbocycles. The Morgan fingerprint density at radius 3 is 2.52 bits per heavy atom. The summed E-state index contributed by atoms with van der Waals surface area (Å²) in [6, 6.07) is 4.27. The summed E-state index contributed by atoms with van der Waals surface area (Å²) in [6.45, 7) is 4.67. The van der Waals surface area contributed by atoms with Crippen molar-refractivity contribution in [3.05, 3.63) is 33.9 Å². The lowest BCUT2D eigenvalue weighted by Crippen LogP contribution is -2.32. The fraction of sp³-hybridized carbons (Fsp3) is 0.500. The third kappa shape index (κ3) is 4.42. The summed E-state index contributed by atoms with van der Waals surface area (Å²) in [4.78, 5) is 23.5. The number of carbonyl (C=O) groups excluding carboxylic acids is 1. The Bertz CT molecular complexity index is 531. The molecule has 1 aromatic rings. The molecule has 0 saturated carbocycles. The highest BCUT2D eigenvalue weighted by molar-refractivity contribution is 5.94. The fourth-order valence-corrected chi connectivity index (χ4v) is 1.94. The number of anilines is 1. The molecule has 4 N–H and O–H groups in total. The Morgan fingerprint density at radius 1 is 1.43 bits per heavy atom. The first-order valence-corrected chi connectivity index (χ1v) is 6.79. The SMILES string of the molecule is CC(C)C(N)CCN(C)c1ccc(C(N)=O)cc1[N+](=O)[O-]. The molecule has 0 radical (unpaired) electrons. The Hall–Kier alpha value is -2.15. The van der Waals surface area contributed by atoms with E-state index in [0.29, 0.717) is 18.2 Å². The van der Waals surface area contributed by atoms with Crippen molar-refractivity contribution in [1.82, 2.24) is 0 Å². The van der Waals surface area contributed by atoms with Crippen LogP contribution >= 0.6 is 0 Å². The molecule has 1 amide bonds. The van der Waals surface area contributed by atoms with E-state index in [-0.39, 0.29) is 17.3 Å². The molecule has 7 heteroatoms. The summed E-state index contributed by atoms with van der Waals surface area (Å²) >= 11 is 0. The maximum Gasteiger partial charge on any atom is 0.293 e. The maximum atomic E-state index is 11.1. The van der Waals surface area contributed by atoms with Gasteiger partial charge in [-0.3, -0.25) is 14.9 Å². The molecule has 1 unspecified atom stereocenters. The van der Waals surface area contributed by atoms with E-state index >= 15 is 0 Å². The summed E-state index contributed by atoms with van der Waals surface area (Å²) < 4.78 is 0. The number of benzene rings is 1. The minimum atomic E-state index is -0.686. The van der Waals surface area contributed by atoms with E-state index in [2.05, 4.69) is 0 Å². The predicted octanol–water partition coefficient (Wildman–Crippen LogP) is 1.50. The van der Waals surface area contributed by atoms with Crippen LogP contribution in [-0.4, -0.2) is 30.5 Å². The molecule has 1 rings (SSSR count). The van der Waals surface area contributed by atoms with E-state index in [1.807, 2.05) is 13.8 Å². The van der Waals surface area contributed by atoms with Crippen LogP contribution < -0.4 is 16.4 Å². The third-order valence-electron chi connectivity index (χ3n) is 3.52. The molecule has 0 spiro atoms. The van der Waals surface area contributed by atoms with E-state index in [9.17, 15) is 14.9 Å². The molecule has 1 aromatic carbocycles. The fourth-order valence-electron chi connectivity index (χ4n) is 1.94. The highest BCUT2D eigenvalue weighted by atomic mass is 16.6. The second kappa shape index (κ2) is 7.03. The molecule has 21 heavy (non-hydrogen) atoms. The zero-order valence-corrected chi connectivity index (χ0v) is 12.6. The predicted molar refractivity (Wildman–Crippen MR) is 82.3 cm³/mol.